The maximum Gasteiger partial charge on any atom is 0.256 e. The minimum absolute atomic E-state index is 0.0344. The van der Waals surface area contributed by atoms with Crippen molar-refractivity contribution in [3.8, 4) is 0 Å². The Bertz CT molecular complexity index is 3210. The molecule has 3 aromatic carbocycles. The fourth-order valence-electron chi connectivity index (χ4n) is 8.13. The van der Waals surface area contributed by atoms with Crippen molar-refractivity contribution in [1.29, 1.82) is 0 Å². The van der Waals surface area contributed by atoms with E-state index in [1.54, 1.807) is 203 Å². The molecule has 0 bridgehead atoms. The number of aliphatic hydroxyl groups excluding tert-OH is 12. The van der Waals surface area contributed by atoms with Gasteiger partial charge in [0.25, 0.3) is 47.3 Å². The summed E-state index contributed by atoms with van der Waals surface area (Å²) in [6, 6.07) is -1.12. The number of Topliss-reactive ketones (excluding diaryl/α,β-unsaturated/α-hetero) is 1. The van der Waals surface area contributed by atoms with Gasteiger partial charge in [-0.3, -0.25) is 43.2 Å². The van der Waals surface area contributed by atoms with E-state index in [2.05, 4.69) is 31.9 Å². The molecule has 0 spiro atoms. The van der Waals surface area contributed by atoms with Gasteiger partial charge in [-0.1, -0.05) is 0 Å². The number of hydrogen-bond acceptors (Lipinski definition) is 22. The van der Waals surface area contributed by atoms with E-state index in [1.807, 2.05) is 0 Å². The molecule has 0 saturated carbocycles. The van der Waals surface area contributed by atoms with Gasteiger partial charge in [-0.25, -0.2) is 0 Å². The number of likely N-dealkylation sites (N-methyl/N-ethyl adjacent to an activating group) is 3. The molecular weight excluding hydrogens is 2230 g/mol. The first-order valence-corrected chi connectivity index (χ1v) is 36.3. The van der Waals surface area contributed by atoms with Gasteiger partial charge < -0.3 is 108 Å². The smallest absolute Gasteiger partial charge is 0.256 e. The van der Waals surface area contributed by atoms with Crippen LogP contribution in [0.25, 0.3) is 0 Å². The third-order valence-corrected chi connectivity index (χ3v) is 22.7. The number of benzene rings is 3. The zero-order valence-electron chi connectivity index (χ0n) is 47.9. The Morgan fingerprint density at radius 3 is 1.02 bits per heavy atom. The van der Waals surface area contributed by atoms with Crippen molar-refractivity contribution in [3.05, 3.63) is 65.5 Å². The van der Waals surface area contributed by atoms with E-state index in [4.69, 9.17) is 0 Å². The van der Waals surface area contributed by atoms with E-state index in [9.17, 15) is 99.6 Å². The summed E-state index contributed by atoms with van der Waals surface area (Å²) in [5.74, 6) is -7.85. The van der Waals surface area contributed by atoms with Crippen LogP contribution in [0.5, 0.6) is 0 Å². The predicted octanol–water partition coefficient (Wildman–Crippen LogP) is -0.550. The molecule has 0 aliphatic heterocycles. The van der Waals surface area contributed by atoms with Crippen LogP contribution in [0.15, 0.2) is 0 Å². The minimum atomic E-state index is -1.96. The highest BCUT2D eigenvalue weighted by Gasteiger charge is 2.37. The number of ketones is 1. The van der Waals surface area contributed by atoms with Crippen LogP contribution in [0.2, 0.25) is 0 Å². The number of nitrogens with one attached hydrogen (secondary N) is 6. The number of halogens is 9. The maximum absolute atomic E-state index is 15.4. The summed E-state index contributed by atoms with van der Waals surface area (Å²) in [5, 5.41) is 135. The topological polar surface area (TPSA) is 478 Å². The molecule has 0 radical (unpaired) electrons. The molecule has 0 aliphatic rings. The van der Waals surface area contributed by atoms with E-state index in [0.717, 1.165) is 9.80 Å². The number of aliphatic hydroxyl groups is 12. The number of nitrogens with zero attached hydrogens (tertiary/aromatic N) is 3. The molecule has 0 aromatic heterocycles. The molecule has 8 amide bonds. The molecule has 3 aromatic rings. The SMILES string of the molecule is CNC(CC(O)CO)C(=O)c1c(I)c(NC(=O)C(O)CO)c(I)c(C(=O)NCCCN(CCCNC(=O)c2c(I)c(NC(=O)C(O)CO)c(I)c(C(=O)N(C)CC(O)CO)c2I)C(=O)c2c(I)c(NC(=O)C(O)CO)c(I)c(C(=O)N(C)CC(O)CO)c2I)c1I. The fraction of sp³-hybridized carbons (Fsp3) is 0.481. The first-order valence-electron chi connectivity index (χ1n) is 26.5. The third-order valence-electron chi connectivity index (χ3n) is 13.0. The van der Waals surface area contributed by atoms with Gasteiger partial charge in [-0.2, -0.15) is 0 Å². The Labute approximate surface area is 643 Å². The van der Waals surface area contributed by atoms with Crippen LogP contribution in [-0.2, 0) is 14.4 Å². The highest BCUT2D eigenvalue weighted by molar-refractivity contribution is 14.1. The molecule has 7 atom stereocenters. The Hall–Kier alpha value is -0.860. The molecule has 506 valence electrons. The van der Waals surface area contributed by atoms with Crippen molar-refractivity contribution in [3.63, 3.8) is 0 Å². The molecule has 3 rings (SSSR count). The Morgan fingerprint density at radius 1 is 0.407 bits per heavy atom. The van der Waals surface area contributed by atoms with Crippen LogP contribution in [-0.4, -0.2) is 272 Å². The quantitative estimate of drug-likeness (QED) is 0.0203. The molecule has 30 nitrogen and oxygen atoms in total. The zero-order valence-corrected chi connectivity index (χ0v) is 67.3. The van der Waals surface area contributed by atoms with Gasteiger partial charge in [-0.15, -0.1) is 0 Å². The predicted molar refractivity (Wildman–Crippen MR) is 404 cm³/mol. The number of carbonyl (C=O) groups is 9. The van der Waals surface area contributed by atoms with Gasteiger partial charge in [-0.05, 0) is 230 Å². The van der Waals surface area contributed by atoms with Crippen LogP contribution >= 0.6 is 203 Å². The lowest BCUT2D eigenvalue weighted by molar-refractivity contribution is -0.126. The lowest BCUT2D eigenvalue weighted by atomic mass is 9.96. The summed E-state index contributed by atoms with van der Waals surface area (Å²) in [4.78, 5) is 130. The van der Waals surface area contributed by atoms with Crippen LogP contribution in [0.1, 0.15) is 81.4 Å². The molecule has 7 unspecified atom stereocenters. The van der Waals surface area contributed by atoms with Gasteiger partial charge >= 0.3 is 0 Å². The summed E-state index contributed by atoms with van der Waals surface area (Å²) in [5.41, 5.74) is -1.10. The summed E-state index contributed by atoms with van der Waals surface area (Å²) in [6.45, 7) is -6.66. The molecule has 0 saturated heterocycles. The summed E-state index contributed by atoms with van der Waals surface area (Å²) >= 11 is 15.9. The zero-order chi connectivity index (χ0) is 69.2. The van der Waals surface area contributed by atoms with Gasteiger partial charge in [0.2, 0.25) is 0 Å². The van der Waals surface area contributed by atoms with E-state index in [-0.39, 0.29) is 141 Å². The number of rotatable bonds is 34. The highest BCUT2D eigenvalue weighted by Crippen LogP contribution is 2.40. The first kappa shape index (κ1) is 84.4. The fourth-order valence-corrected chi connectivity index (χ4v) is 21.3. The second-order valence-corrected chi connectivity index (χ2v) is 29.3. The van der Waals surface area contributed by atoms with Gasteiger partial charge in [0.15, 0.2) is 24.1 Å². The number of anilines is 3. The van der Waals surface area contributed by atoms with Crippen molar-refractivity contribution in [1.82, 2.24) is 30.7 Å². The van der Waals surface area contributed by atoms with E-state index in [0.29, 0.717) is 0 Å². The lowest BCUT2D eigenvalue weighted by Crippen LogP contribution is -2.40. The molecule has 91 heavy (non-hydrogen) atoms. The van der Waals surface area contributed by atoms with Gasteiger partial charge in [0, 0.05) is 73.2 Å². The van der Waals surface area contributed by atoms with E-state index >= 15 is 4.79 Å². The molecule has 0 aliphatic carbocycles. The standard InChI is InChI=1S/C52H64I9N9O21/c1-62-22(10-19(77)13-71)44(83)26-32(53)27(36(57)41(35(26)56)65-45(84)23(80)16-74)48(87)63-6-4-8-70(52(91)31-34(55)30(51(90)69(3)12-21(79)15-73)39(60)43(40(31)61)67-47(86)25(82)18-76)9-5-7-64-49(88)28-33(54)29(50(89)68(2)11-20(78)14-72)38(59)42(37(28)58)66-46(85)24(81)17-75/h19-25,62,71-82H,4-18H2,1-3H3,(H,63,87)(H,64,88)(H,65,84)(H,66,85)(H,67,86). The van der Waals surface area contributed by atoms with E-state index < -0.39 is 135 Å². The molecule has 39 heteroatoms. The largest absolute Gasteiger partial charge is 0.394 e. The molecular formula is C52H64I9N9O21. The van der Waals surface area contributed by atoms with Crippen LogP contribution in [0, 0.1) is 32.1 Å². The summed E-state index contributed by atoms with van der Waals surface area (Å²) in [6.07, 6.45) is -10.2. The van der Waals surface area contributed by atoms with Crippen molar-refractivity contribution in [2.75, 3.05) is 116 Å². The van der Waals surface area contributed by atoms with Crippen LogP contribution in [0.4, 0.5) is 17.1 Å². The monoisotopic (exact) mass is 2290 g/mol. The summed E-state index contributed by atoms with van der Waals surface area (Å²) < 4.78 is 0.744. The minimum Gasteiger partial charge on any atom is -0.394 e. The van der Waals surface area contributed by atoms with Gasteiger partial charge in [0.05, 0.1) is 127 Å². The first-order chi connectivity index (χ1) is 42.7. The third kappa shape index (κ3) is 22.1. The van der Waals surface area contributed by atoms with Crippen molar-refractivity contribution < 1.29 is 104 Å². The molecule has 18 N–H and O–H groups in total. The Morgan fingerprint density at radius 2 is 0.703 bits per heavy atom. The second kappa shape index (κ2) is 40.3. The number of amides is 8. The van der Waals surface area contributed by atoms with Crippen molar-refractivity contribution in [2.24, 2.45) is 0 Å². The maximum atomic E-state index is 15.4. The molecule has 0 heterocycles. The van der Waals surface area contributed by atoms with Crippen molar-refractivity contribution in [2.45, 2.75) is 61.9 Å². The average Bonchev–Trinajstić information content (AvgIpc) is 0.801. The van der Waals surface area contributed by atoms with Crippen LogP contribution < -0.4 is 31.9 Å². The van der Waals surface area contributed by atoms with Crippen molar-refractivity contribution >= 4 is 273 Å². The van der Waals surface area contributed by atoms with Gasteiger partial charge in [0.1, 0.15) is 0 Å². The highest BCUT2D eigenvalue weighted by atomic mass is 127. The summed E-state index contributed by atoms with van der Waals surface area (Å²) in [7, 11) is 4.07. The lowest BCUT2D eigenvalue weighted by Gasteiger charge is -2.28. The Kier molecular flexibility index (Phi) is 37.3. The number of hydrogen-bond donors (Lipinski definition) is 18. The molecule has 0 fully saturated rings. The van der Waals surface area contributed by atoms with E-state index in [1.165, 1.54) is 26.0 Å². The second-order valence-electron chi connectivity index (χ2n) is 19.6. The normalized spacial score (nSPS) is 13.6. The Balaban J connectivity index is 2.26. The van der Waals surface area contributed by atoms with Crippen LogP contribution in [0.3, 0.4) is 0 Å². The average molecular weight is 2290 g/mol. The number of carbonyl (C=O) groups excluding carboxylic acids is 9.